The Hall–Kier alpha value is -1.86. The summed E-state index contributed by atoms with van der Waals surface area (Å²) in [5, 5.41) is 134. The smallest absolute Gasteiger partial charge is 0.335 e. The number of ether oxygens (including phenoxy) is 8. The molecule has 0 aromatic carbocycles. The molecule has 0 bridgehead atoms. The molecular weight excluding hydrogens is 706 g/mol. The van der Waals surface area contributed by atoms with Gasteiger partial charge in [0.25, 0.3) is 0 Å². The highest BCUT2D eigenvalue weighted by molar-refractivity contribution is 5.73. The number of aliphatic hydroxyl groups is 11. The molecule has 4 fully saturated rings. The molecule has 0 spiro atoms. The zero-order valence-corrected chi connectivity index (χ0v) is 26.6. The number of carbonyl (C=O) groups is 2. The maximum atomic E-state index is 12.0. The molecule has 296 valence electrons. The first-order valence-corrected chi connectivity index (χ1v) is 15.8. The lowest BCUT2D eigenvalue weighted by Gasteiger charge is -2.48. The van der Waals surface area contributed by atoms with Crippen molar-refractivity contribution in [2.45, 2.75) is 129 Å². The van der Waals surface area contributed by atoms with Crippen molar-refractivity contribution in [1.29, 1.82) is 0 Å². The maximum Gasteiger partial charge on any atom is 0.335 e. The lowest BCUT2D eigenvalue weighted by molar-refractivity contribution is -0.385. The Morgan fingerprint density at radius 3 is 1.41 bits per heavy atom. The van der Waals surface area contributed by atoms with Gasteiger partial charge in [-0.2, -0.15) is 0 Å². The van der Waals surface area contributed by atoms with Crippen LogP contribution in [0.2, 0.25) is 0 Å². The van der Waals surface area contributed by atoms with Gasteiger partial charge in [0.05, 0.1) is 19.8 Å². The molecule has 24 nitrogen and oxygen atoms in total. The minimum absolute atomic E-state index is 0.0127. The second kappa shape index (κ2) is 18.0. The molecule has 0 aromatic heterocycles. The monoisotopic (exact) mass is 751 g/mol. The first-order chi connectivity index (χ1) is 24.1. The van der Waals surface area contributed by atoms with Crippen LogP contribution in [0.5, 0.6) is 0 Å². The van der Waals surface area contributed by atoms with Gasteiger partial charge in [0.15, 0.2) is 37.4 Å². The molecule has 24 heteroatoms. The fourth-order valence-electron chi connectivity index (χ4n) is 5.92. The first-order valence-electron chi connectivity index (χ1n) is 15.8. The quantitative estimate of drug-likeness (QED) is 0.0733. The summed E-state index contributed by atoms with van der Waals surface area (Å²) in [5.74, 6) is -3.57. The first kappa shape index (κ1) is 41.9. The van der Waals surface area contributed by atoms with Crippen molar-refractivity contribution >= 4 is 11.9 Å². The minimum atomic E-state index is -2.24. The molecular formula is C27H45NO23. The molecule has 4 heterocycles. The van der Waals surface area contributed by atoms with E-state index in [1.54, 1.807) is 0 Å². The van der Waals surface area contributed by atoms with Crippen molar-refractivity contribution in [3.8, 4) is 0 Å². The number of carboxylic acid groups (broad SMARTS) is 2. The van der Waals surface area contributed by atoms with Crippen LogP contribution in [-0.2, 0) is 47.5 Å². The molecule has 15 N–H and O–H groups in total. The molecule has 20 unspecified atom stereocenters. The standard InChI is InChI=1S/C27H45NO23/c28-2-1-3-44-24-13(36)10(33)17(6(4-29)45-24)48-27-16(39)19(15(38)21(51-27)23(42)43)49-25-14(37)11(34)18(7(5-30)46-25)47-26-12(35)8(31)9(32)20(50-26)22(40)41/h6-21,24-27,29-39H,1-5,28H2,(H,40,41)(H,42,43). The largest absolute Gasteiger partial charge is 0.479 e. The third-order valence-electron chi connectivity index (χ3n) is 8.75. The van der Waals surface area contributed by atoms with E-state index in [9.17, 15) is 76.0 Å². The van der Waals surface area contributed by atoms with Crippen LogP contribution in [0.25, 0.3) is 0 Å². The van der Waals surface area contributed by atoms with Gasteiger partial charge < -0.3 is 110 Å². The lowest BCUT2D eigenvalue weighted by atomic mass is 9.95. The van der Waals surface area contributed by atoms with Gasteiger partial charge in [-0.05, 0) is 13.0 Å². The molecule has 0 aliphatic carbocycles. The van der Waals surface area contributed by atoms with Crippen LogP contribution in [0.15, 0.2) is 0 Å². The number of aliphatic carboxylic acids is 2. The Bertz CT molecular complexity index is 1130. The zero-order valence-electron chi connectivity index (χ0n) is 26.6. The Kier molecular flexibility index (Phi) is 14.8. The summed E-state index contributed by atoms with van der Waals surface area (Å²) in [6.45, 7) is -1.63. The van der Waals surface area contributed by atoms with Crippen molar-refractivity contribution < 1.29 is 114 Å². The summed E-state index contributed by atoms with van der Waals surface area (Å²) in [6, 6.07) is 0. The fraction of sp³-hybridized carbons (Fsp3) is 0.926. The summed E-state index contributed by atoms with van der Waals surface area (Å²) in [5.41, 5.74) is 5.41. The van der Waals surface area contributed by atoms with Crippen molar-refractivity contribution in [3.05, 3.63) is 0 Å². The van der Waals surface area contributed by atoms with Crippen molar-refractivity contribution in [2.75, 3.05) is 26.4 Å². The van der Waals surface area contributed by atoms with Crippen LogP contribution in [-0.4, -0.2) is 228 Å². The van der Waals surface area contributed by atoms with Crippen LogP contribution in [0, 0.1) is 0 Å². The predicted molar refractivity (Wildman–Crippen MR) is 152 cm³/mol. The Morgan fingerprint density at radius 1 is 0.510 bits per heavy atom. The molecule has 4 aliphatic rings. The molecule has 20 atom stereocenters. The molecule has 4 rings (SSSR count). The van der Waals surface area contributed by atoms with Crippen LogP contribution in [0.4, 0.5) is 0 Å². The summed E-state index contributed by atoms with van der Waals surface area (Å²) < 4.78 is 42.9. The second-order valence-corrected chi connectivity index (χ2v) is 12.2. The third kappa shape index (κ3) is 8.93. The van der Waals surface area contributed by atoms with Crippen LogP contribution >= 0.6 is 0 Å². The highest BCUT2D eigenvalue weighted by atomic mass is 16.8. The molecule has 0 saturated carbocycles. The van der Waals surface area contributed by atoms with Crippen molar-refractivity contribution in [2.24, 2.45) is 5.73 Å². The van der Waals surface area contributed by atoms with E-state index in [-0.39, 0.29) is 13.2 Å². The third-order valence-corrected chi connectivity index (χ3v) is 8.75. The van der Waals surface area contributed by atoms with E-state index in [0.717, 1.165) is 0 Å². The SMILES string of the molecule is NCCCOC1OC(CO)C(OC2OC(C(=O)O)C(O)C(OC3OC(CO)C(OC4OC(C(=O)O)C(O)C(O)C4O)C(O)C3O)C2O)C(O)C1O. The van der Waals surface area contributed by atoms with Crippen molar-refractivity contribution in [3.63, 3.8) is 0 Å². The fourth-order valence-corrected chi connectivity index (χ4v) is 5.92. The van der Waals surface area contributed by atoms with E-state index >= 15 is 0 Å². The zero-order chi connectivity index (χ0) is 37.9. The number of hydrogen-bond donors (Lipinski definition) is 14. The highest BCUT2D eigenvalue weighted by Crippen LogP contribution is 2.34. The topological polar surface area (TPSA) is 397 Å². The number of nitrogens with two attached hydrogens (primary N) is 1. The van der Waals surface area contributed by atoms with E-state index in [1.165, 1.54) is 0 Å². The van der Waals surface area contributed by atoms with E-state index < -0.39 is 148 Å². The van der Waals surface area contributed by atoms with E-state index in [2.05, 4.69) is 0 Å². The minimum Gasteiger partial charge on any atom is -0.479 e. The van der Waals surface area contributed by atoms with Gasteiger partial charge in [-0.15, -0.1) is 0 Å². The van der Waals surface area contributed by atoms with E-state index in [4.69, 9.17) is 43.6 Å². The number of rotatable bonds is 14. The highest BCUT2D eigenvalue weighted by Gasteiger charge is 2.56. The predicted octanol–water partition coefficient (Wildman–Crippen LogP) is -9.19. The number of aliphatic hydroxyl groups excluding tert-OH is 11. The number of hydrogen-bond acceptors (Lipinski definition) is 22. The van der Waals surface area contributed by atoms with Gasteiger partial charge in [0.1, 0.15) is 85.5 Å². The molecule has 0 radical (unpaired) electrons. The summed E-state index contributed by atoms with van der Waals surface area (Å²) in [6.07, 6.45) is -39.3. The summed E-state index contributed by atoms with van der Waals surface area (Å²) in [4.78, 5) is 23.5. The van der Waals surface area contributed by atoms with Crippen LogP contribution < -0.4 is 5.73 Å². The van der Waals surface area contributed by atoms with E-state index in [0.29, 0.717) is 6.42 Å². The Labute approximate surface area is 287 Å². The molecule has 0 aromatic rings. The lowest BCUT2D eigenvalue weighted by Crippen LogP contribution is -2.68. The normalized spacial score (nSPS) is 47.9. The van der Waals surface area contributed by atoms with Gasteiger partial charge in [-0.3, -0.25) is 0 Å². The van der Waals surface area contributed by atoms with Gasteiger partial charge in [-0.1, -0.05) is 0 Å². The molecule has 0 amide bonds. The van der Waals surface area contributed by atoms with Gasteiger partial charge in [0.2, 0.25) is 0 Å². The summed E-state index contributed by atoms with van der Waals surface area (Å²) in [7, 11) is 0. The van der Waals surface area contributed by atoms with Crippen molar-refractivity contribution in [1.82, 2.24) is 0 Å². The average Bonchev–Trinajstić information content (AvgIpc) is 3.09. The molecule has 51 heavy (non-hydrogen) atoms. The molecule has 4 aliphatic heterocycles. The van der Waals surface area contributed by atoms with Crippen LogP contribution in [0.3, 0.4) is 0 Å². The average molecular weight is 752 g/mol. The van der Waals surface area contributed by atoms with Crippen LogP contribution in [0.1, 0.15) is 6.42 Å². The summed E-state index contributed by atoms with van der Waals surface area (Å²) >= 11 is 0. The van der Waals surface area contributed by atoms with Gasteiger partial charge >= 0.3 is 11.9 Å². The Morgan fingerprint density at radius 2 is 0.922 bits per heavy atom. The molecule has 4 saturated heterocycles. The second-order valence-electron chi connectivity index (χ2n) is 12.2. The van der Waals surface area contributed by atoms with E-state index in [1.807, 2.05) is 0 Å². The number of carboxylic acids is 2. The maximum absolute atomic E-state index is 12.0. The Balaban J connectivity index is 1.49. The van der Waals surface area contributed by atoms with Gasteiger partial charge in [0, 0.05) is 0 Å². The van der Waals surface area contributed by atoms with Gasteiger partial charge in [-0.25, -0.2) is 9.59 Å².